The summed E-state index contributed by atoms with van der Waals surface area (Å²) in [5.74, 6) is 0.0724. The molecule has 4 nitrogen and oxygen atoms in total. The van der Waals surface area contributed by atoms with Crippen molar-refractivity contribution in [1.29, 1.82) is 0 Å². The Morgan fingerprint density at radius 1 is 1.39 bits per heavy atom. The quantitative estimate of drug-likeness (QED) is 0.743. The first-order valence-corrected chi connectivity index (χ1v) is 7.35. The maximum absolute atomic E-state index is 12.4. The Balaban J connectivity index is 2.12. The summed E-state index contributed by atoms with van der Waals surface area (Å²) in [6.45, 7) is 1.61. The van der Waals surface area contributed by atoms with Gasteiger partial charge in [0.25, 0.3) is 5.91 Å². The van der Waals surface area contributed by atoms with Crippen molar-refractivity contribution in [3.05, 3.63) is 26.9 Å². The van der Waals surface area contributed by atoms with Crippen LogP contribution < -0.4 is 0 Å². The first-order valence-electron chi connectivity index (χ1n) is 5.76. The smallest absolute Gasteiger partial charge is 0.254 e. The van der Waals surface area contributed by atoms with Crippen LogP contribution in [0.4, 0.5) is 0 Å². The second-order valence-corrected chi connectivity index (χ2v) is 6.28. The number of aromatic nitrogens is 1. The van der Waals surface area contributed by atoms with Gasteiger partial charge in [-0.05, 0) is 64.5 Å². The summed E-state index contributed by atoms with van der Waals surface area (Å²) in [7, 11) is 4.11. The number of halogens is 2. The van der Waals surface area contributed by atoms with E-state index in [9.17, 15) is 4.79 Å². The van der Waals surface area contributed by atoms with E-state index in [1.165, 1.54) is 0 Å². The van der Waals surface area contributed by atoms with Crippen LogP contribution in [0.3, 0.4) is 0 Å². The maximum atomic E-state index is 12.4. The topological polar surface area (TPSA) is 36.4 Å². The van der Waals surface area contributed by atoms with Crippen LogP contribution in [0.2, 0.25) is 0 Å². The van der Waals surface area contributed by atoms with E-state index in [0.29, 0.717) is 20.8 Å². The zero-order chi connectivity index (χ0) is 13.3. The van der Waals surface area contributed by atoms with Gasteiger partial charge in [0.15, 0.2) is 0 Å². The van der Waals surface area contributed by atoms with Gasteiger partial charge in [-0.15, -0.1) is 0 Å². The number of pyridine rings is 1. The highest BCUT2D eigenvalue weighted by Gasteiger charge is 2.28. The van der Waals surface area contributed by atoms with Crippen molar-refractivity contribution in [2.24, 2.45) is 0 Å². The fourth-order valence-corrected chi connectivity index (χ4v) is 3.23. The lowest BCUT2D eigenvalue weighted by molar-refractivity contribution is 0.0783. The molecule has 1 aromatic rings. The van der Waals surface area contributed by atoms with Crippen LogP contribution in [0.1, 0.15) is 16.8 Å². The lowest BCUT2D eigenvalue weighted by atomic mass is 10.2. The van der Waals surface area contributed by atoms with Gasteiger partial charge < -0.3 is 9.80 Å². The highest BCUT2D eigenvalue weighted by Crippen LogP contribution is 2.20. The number of rotatable bonds is 2. The Hall–Kier alpha value is -0.460. The molecule has 1 fully saturated rings. The van der Waals surface area contributed by atoms with Crippen molar-refractivity contribution >= 4 is 37.8 Å². The van der Waals surface area contributed by atoms with Gasteiger partial charge in [-0.1, -0.05) is 0 Å². The number of hydrogen-bond acceptors (Lipinski definition) is 3. The standard InChI is InChI=1S/C12H15Br2N3O/c1-16(2)9-3-4-17(7-9)12(18)8-5-10(13)15-11(14)6-8/h5-6,9H,3-4,7H2,1-2H3. The molecule has 0 bridgehead atoms. The van der Waals surface area contributed by atoms with Crippen LogP contribution in [-0.2, 0) is 0 Å². The van der Waals surface area contributed by atoms with Gasteiger partial charge >= 0.3 is 0 Å². The molecule has 1 saturated heterocycles. The Morgan fingerprint density at radius 2 is 2.00 bits per heavy atom. The van der Waals surface area contributed by atoms with E-state index in [2.05, 4.69) is 55.8 Å². The Bertz CT molecular complexity index is 444. The van der Waals surface area contributed by atoms with Crippen LogP contribution in [0.15, 0.2) is 21.3 Å². The van der Waals surface area contributed by atoms with Gasteiger partial charge in [0.05, 0.1) is 0 Å². The average Bonchev–Trinajstić information content (AvgIpc) is 2.75. The zero-order valence-corrected chi connectivity index (χ0v) is 13.5. The molecule has 18 heavy (non-hydrogen) atoms. The molecule has 1 unspecified atom stereocenters. The lowest BCUT2D eigenvalue weighted by Crippen LogP contribution is -2.34. The second kappa shape index (κ2) is 5.67. The first kappa shape index (κ1) is 14.0. The van der Waals surface area contributed by atoms with E-state index in [0.717, 1.165) is 19.5 Å². The molecular weight excluding hydrogens is 362 g/mol. The number of amides is 1. The van der Waals surface area contributed by atoms with Crippen molar-refractivity contribution in [2.45, 2.75) is 12.5 Å². The van der Waals surface area contributed by atoms with Crippen molar-refractivity contribution in [1.82, 2.24) is 14.8 Å². The normalized spacial score (nSPS) is 19.6. The molecule has 98 valence electrons. The monoisotopic (exact) mass is 375 g/mol. The second-order valence-electron chi connectivity index (χ2n) is 4.66. The van der Waals surface area contributed by atoms with Crippen molar-refractivity contribution in [3.63, 3.8) is 0 Å². The van der Waals surface area contributed by atoms with Gasteiger partial charge in [0.1, 0.15) is 9.21 Å². The van der Waals surface area contributed by atoms with Crippen molar-refractivity contribution < 1.29 is 4.79 Å². The van der Waals surface area contributed by atoms with Crippen LogP contribution >= 0.6 is 31.9 Å². The number of likely N-dealkylation sites (tertiary alicyclic amines) is 1. The average molecular weight is 377 g/mol. The van der Waals surface area contributed by atoms with E-state index in [1.54, 1.807) is 12.1 Å². The van der Waals surface area contributed by atoms with E-state index in [4.69, 9.17) is 0 Å². The maximum Gasteiger partial charge on any atom is 0.254 e. The first-order chi connectivity index (χ1) is 8.47. The Morgan fingerprint density at radius 3 is 2.50 bits per heavy atom. The summed E-state index contributed by atoms with van der Waals surface area (Å²) in [6, 6.07) is 3.98. The van der Waals surface area contributed by atoms with Gasteiger partial charge in [0, 0.05) is 24.7 Å². The molecule has 1 aliphatic heterocycles. The molecule has 0 aliphatic carbocycles. The lowest BCUT2D eigenvalue weighted by Gasteiger charge is -2.20. The molecule has 0 N–H and O–H groups in total. The fourth-order valence-electron chi connectivity index (χ4n) is 2.12. The highest BCUT2D eigenvalue weighted by molar-refractivity contribution is 9.11. The molecule has 2 rings (SSSR count). The predicted molar refractivity (Wildman–Crippen MR) is 77.6 cm³/mol. The minimum Gasteiger partial charge on any atom is -0.337 e. The van der Waals surface area contributed by atoms with E-state index in [-0.39, 0.29) is 5.91 Å². The molecular formula is C12H15Br2N3O. The molecule has 2 heterocycles. The van der Waals surface area contributed by atoms with Gasteiger partial charge in [-0.25, -0.2) is 4.98 Å². The van der Waals surface area contributed by atoms with Crippen molar-refractivity contribution in [2.75, 3.05) is 27.2 Å². The molecule has 0 saturated carbocycles. The minimum atomic E-state index is 0.0724. The third kappa shape index (κ3) is 3.10. The predicted octanol–water partition coefficient (Wildman–Crippen LogP) is 2.38. The van der Waals surface area contributed by atoms with Crippen LogP contribution in [0, 0.1) is 0 Å². The third-order valence-corrected chi connectivity index (χ3v) is 4.00. The van der Waals surface area contributed by atoms with Crippen LogP contribution in [0.5, 0.6) is 0 Å². The molecule has 1 atom stereocenters. The summed E-state index contributed by atoms with van der Waals surface area (Å²) >= 11 is 6.61. The zero-order valence-electron chi connectivity index (χ0n) is 10.4. The summed E-state index contributed by atoms with van der Waals surface area (Å²) in [4.78, 5) is 20.6. The summed E-state index contributed by atoms with van der Waals surface area (Å²) in [6.07, 6.45) is 1.03. The molecule has 6 heteroatoms. The Kier molecular flexibility index (Phi) is 4.40. The molecule has 1 aliphatic rings. The molecule has 0 spiro atoms. The highest BCUT2D eigenvalue weighted by atomic mass is 79.9. The summed E-state index contributed by atoms with van der Waals surface area (Å²) in [5.41, 5.74) is 0.670. The largest absolute Gasteiger partial charge is 0.337 e. The van der Waals surface area contributed by atoms with Gasteiger partial charge in [-0.3, -0.25) is 4.79 Å². The molecule has 1 amide bonds. The summed E-state index contributed by atoms with van der Waals surface area (Å²) < 4.78 is 1.34. The summed E-state index contributed by atoms with van der Waals surface area (Å²) in [5, 5.41) is 0. The Labute approximate surface area is 124 Å². The number of carbonyl (C=O) groups is 1. The van der Waals surface area contributed by atoms with Crippen LogP contribution in [0.25, 0.3) is 0 Å². The molecule has 1 aromatic heterocycles. The van der Waals surface area contributed by atoms with E-state index in [1.807, 2.05) is 4.90 Å². The van der Waals surface area contributed by atoms with E-state index >= 15 is 0 Å². The fraction of sp³-hybridized carbons (Fsp3) is 0.500. The SMILES string of the molecule is CN(C)C1CCN(C(=O)c2cc(Br)nc(Br)c2)C1. The molecule has 0 radical (unpaired) electrons. The third-order valence-electron chi connectivity index (χ3n) is 3.19. The number of hydrogen-bond donors (Lipinski definition) is 0. The van der Waals surface area contributed by atoms with Crippen molar-refractivity contribution in [3.8, 4) is 0 Å². The van der Waals surface area contributed by atoms with Gasteiger partial charge in [-0.2, -0.15) is 0 Å². The molecule has 0 aromatic carbocycles. The van der Waals surface area contributed by atoms with Gasteiger partial charge in [0.2, 0.25) is 0 Å². The number of likely N-dealkylation sites (N-methyl/N-ethyl adjacent to an activating group) is 1. The minimum absolute atomic E-state index is 0.0724. The number of nitrogens with zero attached hydrogens (tertiary/aromatic N) is 3. The van der Waals surface area contributed by atoms with Crippen LogP contribution in [-0.4, -0.2) is 53.9 Å². The van der Waals surface area contributed by atoms with E-state index < -0.39 is 0 Å². The number of carbonyl (C=O) groups excluding carboxylic acids is 1.